The van der Waals surface area contributed by atoms with Gasteiger partial charge in [-0.3, -0.25) is 9.69 Å². The molecule has 1 aromatic carbocycles. The summed E-state index contributed by atoms with van der Waals surface area (Å²) in [5.41, 5.74) is 1.85. The number of hydrogen-bond acceptors (Lipinski definition) is 2. The maximum Gasteiger partial charge on any atom is 0.238 e. The fourth-order valence-corrected chi connectivity index (χ4v) is 3.01. The number of nitrogens with zero attached hydrogens (tertiary/aromatic N) is 1. The summed E-state index contributed by atoms with van der Waals surface area (Å²) < 4.78 is 0. The average molecular weight is 295 g/mol. The van der Waals surface area contributed by atoms with Gasteiger partial charge in [0.25, 0.3) is 0 Å². The molecule has 1 aliphatic heterocycles. The van der Waals surface area contributed by atoms with E-state index in [4.69, 9.17) is 11.6 Å². The van der Waals surface area contributed by atoms with Gasteiger partial charge in [0.2, 0.25) is 5.91 Å². The smallest absolute Gasteiger partial charge is 0.238 e. The third-order valence-corrected chi connectivity index (χ3v) is 4.28. The molecule has 0 aliphatic carbocycles. The Kier molecular flexibility index (Phi) is 5.44. The number of carbonyl (C=O) groups excluding carboxylic acids is 1. The Balaban J connectivity index is 1.96. The van der Waals surface area contributed by atoms with Crippen molar-refractivity contribution < 1.29 is 4.79 Å². The summed E-state index contributed by atoms with van der Waals surface area (Å²) in [6, 6.07) is 6.12. The molecular formula is C16H23ClN2O. The molecule has 3 nitrogen and oxygen atoms in total. The summed E-state index contributed by atoms with van der Waals surface area (Å²) in [7, 11) is 0. The van der Waals surface area contributed by atoms with Gasteiger partial charge in [-0.1, -0.05) is 31.0 Å². The standard InChI is InChI=1S/C16H23ClN2O/c1-3-14-6-4-5-9-19(14)11-16(20)18-15-10-13(17)8-7-12(15)2/h7-8,10,14H,3-6,9,11H2,1-2H3,(H,18,20). The van der Waals surface area contributed by atoms with Crippen LogP contribution in [0.3, 0.4) is 0 Å². The molecule has 1 amide bonds. The molecule has 20 heavy (non-hydrogen) atoms. The number of halogens is 1. The molecule has 1 unspecified atom stereocenters. The lowest BCUT2D eigenvalue weighted by atomic mass is 10.00. The Morgan fingerprint density at radius 3 is 3.00 bits per heavy atom. The van der Waals surface area contributed by atoms with Gasteiger partial charge in [-0.15, -0.1) is 0 Å². The first kappa shape index (κ1) is 15.3. The van der Waals surface area contributed by atoms with Crippen molar-refractivity contribution in [2.75, 3.05) is 18.4 Å². The lowest BCUT2D eigenvalue weighted by Crippen LogP contribution is -2.43. The molecule has 0 saturated carbocycles. The summed E-state index contributed by atoms with van der Waals surface area (Å²) in [5.74, 6) is 0.0516. The van der Waals surface area contributed by atoms with Crippen molar-refractivity contribution in [1.29, 1.82) is 0 Å². The maximum absolute atomic E-state index is 12.2. The molecule has 110 valence electrons. The minimum atomic E-state index is 0.0516. The predicted molar refractivity (Wildman–Crippen MR) is 84.3 cm³/mol. The number of piperidine rings is 1. The molecular weight excluding hydrogens is 272 g/mol. The van der Waals surface area contributed by atoms with Gasteiger partial charge in [0.1, 0.15) is 0 Å². The third-order valence-electron chi connectivity index (χ3n) is 4.04. The minimum absolute atomic E-state index is 0.0516. The third kappa shape index (κ3) is 3.97. The Morgan fingerprint density at radius 1 is 1.45 bits per heavy atom. The number of carbonyl (C=O) groups is 1. The van der Waals surface area contributed by atoms with E-state index < -0.39 is 0 Å². The highest BCUT2D eigenvalue weighted by Crippen LogP contribution is 2.21. The van der Waals surface area contributed by atoms with Gasteiger partial charge in [-0.05, 0) is 50.4 Å². The van der Waals surface area contributed by atoms with Crippen LogP contribution in [-0.4, -0.2) is 29.9 Å². The number of aryl methyl sites for hydroxylation is 1. The van der Waals surface area contributed by atoms with E-state index in [0.29, 0.717) is 17.6 Å². The summed E-state index contributed by atoms with van der Waals surface area (Å²) in [6.07, 6.45) is 4.80. The second kappa shape index (κ2) is 7.09. The van der Waals surface area contributed by atoms with Crippen molar-refractivity contribution in [3.63, 3.8) is 0 Å². The van der Waals surface area contributed by atoms with E-state index in [1.165, 1.54) is 19.3 Å². The van der Waals surface area contributed by atoms with Gasteiger partial charge < -0.3 is 5.32 Å². The molecule has 1 atom stereocenters. The van der Waals surface area contributed by atoms with Gasteiger partial charge in [0.15, 0.2) is 0 Å². The van der Waals surface area contributed by atoms with Gasteiger partial charge in [0.05, 0.1) is 6.54 Å². The summed E-state index contributed by atoms with van der Waals surface area (Å²) in [5, 5.41) is 3.63. The lowest BCUT2D eigenvalue weighted by molar-refractivity contribution is -0.118. The van der Waals surface area contributed by atoms with E-state index in [1.54, 1.807) is 0 Å². The molecule has 0 bridgehead atoms. The monoisotopic (exact) mass is 294 g/mol. The lowest BCUT2D eigenvalue weighted by Gasteiger charge is -2.34. The molecule has 0 spiro atoms. The Morgan fingerprint density at radius 2 is 2.25 bits per heavy atom. The van der Waals surface area contributed by atoms with Gasteiger partial charge >= 0.3 is 0 Å². The first-order valence-corrected chi connectivity index (χ1v) is 7.78. The van der Waals surface area contributed by atoms with Crippen molar-refractivity contribution in [3.8, 4) is 0 Å². The number of rotatable bonds is 4. The number of benzene rings is 1. The summed E-state index contributed by atoms with van der Waals surface area (Å²) in [6.45, 7) is 5.68. The molecule has 1 fully saturated rings. The molecule has 1 heterocycles. The van der Waals surface area contributed by atoms with Crippen LogP contribution in [0.5, 0.6) is 0 Å². The molecule has 0 radical (unpaired) electrons. The zero-order chi connectivity index (χ0) is 14.5. The van der Waals surface area contributed by atoms with Crippen LogP contribution in [0.4, 0.5) is 5.69 Å². The number of hydrogen-bond donors (Lipinski definition) is 1. The molecule has 4 heteroatoms. The van der Waals surface area contributed by atoms with E-state index in [1.807, 2.05) is 25.1 Å². The van der Waals surface area contributed by atoms with Crippen LogP contribution in [0, 0.1) is 6.92 Å². The van der Waals surface area contributed by atoms with E-state index in [0.717, 1.165) is 24.2 Å². The number of amides is 1. The summed E-state index contributed by atoms with van der Waals surface area (Å²) >= 11 is 5.98. The fraction of sp³-hybridized carbons (Fsp3) is 0.562. The molecule has 1 aromatic rings. The highest BCUT2D eigenvalue weighted by molar-refractivity contribution is 6.31. The van der Waals surface area contributed by atoms with Crippen LogP contribution in [0.2, 0.25) is 5.02 Å². The van der Waals surface area contributed by atoms with Crippen molar-refractivity contribution in [2.45, 2.75) is 45.6 Å². The zero-order valence-electron chi connectivity index (χ0n) is 12.3. The van der Waals surface area contributed by atoms with Crippen LogP contribution in [0.15, 0.2) is 18.2 Å². The van der Waals surface area contributed by atoms with E-state index >= 15 is 0 Å². The fourth-order valence-electron chi connectivity index (χ4n) is 2.83. The average Bonchev–Trinajstić information content (AvgIpc) is 2.43. The SMILES string of the molecule is CCC1CCCCN1CC(=O)Nc1cc(Cl)ccc1C. The topological polar surface area (TPSA) is 32.3 Å². The van der Waals surface area contributed by atoms with Gasteiger partial charge in [-0.25, -0.2) is 0 Å². The van der Waals surface area contributed by atoms with Crippen LogP contribution in [0.1, 0.15) is 38.2 Å². The molecule has 2 rings (SSSR count). The largest absolute Gasteiger partial charge is 0.325 e. The van der Waals surface area contributed by atoms with Crippen LogP contribution < -0.4 is 5.32 Å². The van der Waals surface area contributed by atoms with Gasteiger partial charge in [0, 0.05) is 16.8 Å². The van der Waals surface area contributed by atoms with Crippen molar-refractivity contribution in [3.05, 3.63) is 28.8 Å². The highest BCUT2D eigenvalue weighted by Gasteiger charge is 2.22. The quantitative estimate of drug-likeness (QED) is 0.915. The Hall–Kier alpha value is -1.06. The molecule has 1 aliphatic rings. The number of nitrogens with one attached hydrogen (secondary N) is 1. The van der Waals surface area contributed by atoms with Crippen LogP contribution >= 0.6 is 11.6 Å². The van der Waals surface area contributed by atoms with Gasteiger partial charge in [-0.2, -0.15) is 0 Å². The number of anilines is 1. The van der Waals surface area contributed by atoms with E-state index in [-0.39, 0.29) is 5.91 Å². The van der Waals surface area contributed by atoms with E-state index in [2.05, 4.69) is 17.1 Å². The predicted octanol–water partition coefficient (Wildman–Crippen LogP) is 3.85. The van der Waals surface area contributed by atoms with E-state index in [9.17, 15) is 4.79 Å². The Bertz CT molecular complexity index is 476. The van der Waals surface area contributed by atoms with Crippen molar-refractivity contribution in [2.24, 2.45) is 0 Å². The maximum atomic E-state index is 12.2. The first-order chi connectivity index (χ1) is 9.60. The highest BCUT2D eigenvalue weighted by atomic mass is 35.5. The molecule has 0 aromatic heterocycles. The van der Waals surface area contributed by atoms with Crippen LogP contribution in [-0.2, 0) is 4.79 Å². The summed E-state index contributed by atoms with van der Waals surface area (Å²) in [4.78, 5) is 14.5. The Labute approximate surface area is 126 Å². The normalized spacial score (nSPS) is 19.9. The van der Waals surface area contributed by atoms with Crippen molar-refractivity contribution in [1.82, 2.24) is 4.90 Å². The first-order valence-electron chi connectivity index (χ1n) is 7.40. The number of likely N-dealkylation sites (tertiary alicyclic amines) is 1. The zero-order valence-corrected chi connectivity index (χ0v) is 13.0. The minimum Gasteiger partial charge on any atom is -0.325 e. The molecule has 1 saturated heterocycles. The second-order valence-corrected chi connectivity index (χ2v) is 5.97. The van der Waals surface area contributed by atoms with Crippen molar-refractivity contribution >= 4 is 23.2 Å². The molecule has 1 N–H and O–H groups in total. The van der Waals surface area contributed by atoms with Crippen LogP contribution in [0.25, 0.3) is 0 Å². The second-order valence-electron chi connectivity index (χ2n) is 5.54.